The normalized spacial score (nSPS) is 24.2. The maximum atomic E-state index is 12.4. The van der Waals surface area contributed by atoms with Crippen LogP contribution in [0, 0.1) is 10.8 Å². The van der Waals surface area contributed by atoms with E-state index in [1.165, 1.54) is 0 Å². The van der Waals surface area contributed by atoms with Gasteiger partial charge in [0.2, 0.25) is 11.8 Å². The summed E-state index contributed by atoms with van der Waals surface area (Å²) in [6.45, 7) is 5.23. The molecule has 112 valence electrons. The molecule has 2 amide bonds. The highest BCUT2D eigenvalue weighted by Gasteiger charge is 2.50. The van der Waals surface area contributed by atoms with Crippen LogP contribution in [0.4, 0.5) is 0 Å². The fraction of sp³-hybridized carbons (Fsp3) is 0.800. The first kappa shape index (κ1) is 15.0. The van der Waals surface area contributed by atoms with Crippen LogP contribution in [0.25, 0.3) is 0 Å². The first-order valence-electron chi connectivity index (χ1n) is 7.24. The lowest BCUT2D eigenvalue weighted by molar-refractivity contribution is -0.168. The number of carboxylic acids is 1. The third-order valence-electron chi connectivity index (χ3n) is 4.57. The van der Waals surface area contributed by atoms with Crippen molar-refractivity contribution in [3.05, 3.63) is 0 Å². The Balaban J connectivity index is 2.27. The molecule has 0 aromatic rings. The van der Waals surface area contributed by atoms with Gasteiger partial charge >= 0.3 is 5.97 Å². The average Bonchev–Trinajstić information content (AvgIpc) is 2.69. The van der Waals surface area contributed by atoms with Crippen LogP contribution in [-0.2, 0) is 14.4 Å². The molecule has 1 N–H and O–H groups in total. The van der Waals surface area contributed by atoms with Crippen LogP contribution in [0.5, 0.6) is 0 Å². The summed E-state index contributed by atoms with van der Waals surface area (Å²) < 4.78 is 0. The number of carboxylic acid groups (broad SMARTS) is 1. The number of imide groups is 1. The van der Waals surface area contributed by atoms with E-state index in [0.29, 0.717) is 12.8 Å². The van der Waals surface area contributed by atoms with Crippen LogP contribution in [-0.4, -0.2) is 33.8 Å². The van der Waals surface area contributed by atoms with Crippen molar-refractivity contribution >= 4 is 17.8 Å². The lowest BCUT2D eigenvalue weighted by Crippen LogP contribution is -2.58. The van der Waals surface area contributed by atoms with Crippen LogP contribution in [0.2, 0.25) is 0 Å². The minimum atomic E-state index is -1.11. The first-order chi connectivity index (χ1) is 9.16. The number of carbonyl (C=O) groups excluding carboxylic acids is 2. The number of likely N-dealkylation sites (tertiary alicyclic amines) is 1. The third kappa shape index (κ3) is 2.58. The summed E-state index contributed by atoms with van der Waals surface area (Å²) in [7, 11) is 0. The zero-order chi connectivity index (χ0) is 15.1. The van der Waals surface area contributed by atoms with Crippen molar-refractivity contribution in [3.63, 3.8) is 0 Å². The van der Waals surface area contributed by atoms with Crippen molar-refractivity contribution in [2.24, 2.45) is 10.8 Å². The second-order valence-corrected chi connectivity index (χ2v) is 7.32. The van der Waals surface area contributed by atoms with E-state index in [1.807, 2.05) is 0 Å². The molecule has 1 spiro atoms. The predicted octanol–water partition coefficient (Wildman–Crippen LogP) is 2.20. The van der Waals surface area contributed by atoms with Crippen LogP contribution in [0.3, 0.4) is 0 Å². The van der Waals surface area contributed by atoms with Gasteiger partial charge in [-0.05, 0) is 23.7 Å². The number of aliphatic carboxylic acids is 1. The first-order valence-corrected chi connectivity index (χ1v) is 7.24. The number of amides is 2. The van der Waals surface area contributed by atoms with E-state index in [0.717, 1.165) is 30.6 Å². The van der Waals surface area contributed by atoms with Crippen molar-refractivity contribution in [1.82, 2.24) is 4.90 Å². The van der Waals surface area contributed by atoms with E-state index in [2.05, 4.69) is 0 Å². The van der Waals surface area contributed by atoms with Gasteiger partial charge in [0.15, 0.2) is 0 Å². The van der Waals surface area contributed by atoms with Crippen LogP contribution >= 0.6 is 0 Å². The summed E-state index contributed by atoms with van der Waals surface area (Å²) in [5, 5.41) is 9.41. The van der Waals surface area contributed by atoms with E-state index in [4.69, 9.17) is 0 Å². The van der Waals surface area contributed by atoms with E-state index < -0.39 is 17.4 Å². The molecule has 1 aliphatic carbocycles. The molecule has 2 aliphatic rings. The molecular weight excluding hydrogens is 258 g/mol. The fourth-order valence-electron chi connectivity index (χ4n) is 3.65. The van der Waals surface area contributed by atoms with Gasteiger partial charge in [-0.3, -0.25) is 14.5 Å². The van der Waals surface area contributed by atoms with Gasteiger partial charge in [0, 0.05) is 12.8 Å². The van der Waals surface area contributed by atoms with Crippen molar-refractivity contribution in [1.29, 1.82) is 0 Å². The van der Waals surface area contributed by atoms with Gasteiger partial charge < -0.3 is 5.11 Å². The maximum Gasteiger partial charge on any atom is 0.327 e. The maximum absolute atomic E-state index is 12.4. The van der Waals surface area contributed by atoms with E-state index in [1.54, 1.807) is 20.8 Å². The fourth-order valence-corrected chi connectivity index (χ4v) is 3.65. The number of carbonyl (C=O) groups is 3. The Bertz CT molecular complexity index is 423. The molecule has 1 saturated heterocycles. The van der Waals surface area contributed by atoms with Gasteiger partial charge in [0.1, 0.15) is 6.04 Å². The van der Waals surface area contributed by atoms with Gasteiger partial charge in [-0.25, -0.2) is 4.79 Å². The van der Waals surface area contributed by atoms with Crippen molar-refractivity contribution in [2.45, 2.75) is 65.3 Å². The number of hydrogen-bond acceptors (Lipinski definition) is 3. The summed E-state index contributed by atoms with van der Waals surface area (Å²) in [4.78, 5) is 37.3. The van der Waals surface area contributed by atoms with Crippen LogP contribution in [0.1, 0.15) is 59.3 Å². The molecule has 5 nitrogen and oxygen atoms in total. The molecule has 2 fully saturated rings. The van der Waals surface area contributed by atoms with E-state index in [9.17, 15) is 19.5 Å². The summed E-state index contributed by atoms with van der Waals surface area (Å²) in [6.07, 6.45) is 4.57. The minimum Gasteiger partial charge on any atom is -0.480 e. The summed E-state index contributed by atoms with van der Waals surface area (Å²) >= 11 is 0. The number of hydrogen-bond donors (Lipinski definition) is 1. The van der Waals surface area contributed by atoms with Crippen molar-refractivity contribution in [3.8, 4) is 0 Å². The summed E-state index contributed by atoms with van der Waals surface area (Å²) in [5.41, 5.74) is -0.858. The highest BCUT2D eigenvalue weighted by molar-refractivity contribution is 6.02. The molecule has 1 saturated carbocycles. The Kier molecular flexibility index (Phi) is 3.65. The summed E-state index contributed by atoms with van der Waals surface area (Å²) in [6, 6.07) is -1.08. The Morgan fingerprint density at radius 3 is 1.95 bits per heavy atom. The highest BCUT2D eigenvalue weighted by Crippen LogP contribution is 2.47. The molecule has 1 heterocycles. The predicted molar refractivity (Wildman–Crippen MR) is 72.9 cm³/mol. The number of rotatable bonds is 2. The van der Waals surface area contributed by atoms with Gasteiger partial charge in [0.05, 0.1) is 0 Å². The zero-order valence-corrected chi connectivity index (χ0v) is 12.4. The number of piperidine rings is 1. The van der Waals surface area contributed by atoms with Gasteiger partial charge in [-0.15, -0.1) is 0 Å². The Hall–Kier alpha value is -1.39. The Morgan fingerprint density at radius 2 is 1.60 bits per heavy atom. The van der Waals surface area contributed by atoms with Crippen molar-refractivity contribution < 1.29 is 19.5 Å². The third-order valence-corrected chi connectivity index (χ3v) is 4.57. The number of nitrogens with zero attached hydrogens (tertiary/aromatic N) is 1. The zero-order valence-electron chi connectivity index (χ0n) is 12.4. The Morgan fingerprint density at radius 1 is 1.15 bits per heavy atom. The second kappa shape index (κ2) is 4.86. The summed E-state index contributed by atoms with van der Waals surface area (Å²) in [5.74, 6) is -1.74. The largest absolute Gasteiger partial charge is 0.480 e. The molecule has 1 aliphatic heterocycles. The molecule has 0 aromatic carbocycles. The molecular formula is C15H23NO4. The minimum absolute atomic E-state index is 0.189. The smallest absolute Gasteiger partial charge is 0.327 e. The highest BCUT2D eigenvalue weighted by atomic mass is 16.4. The molecule has 5 heteroatoms. The molecule has 0 bridgehead atoms. The molecule has 20 heavy (non-hydrogen) atoms. The van der Waals surface area contributed by atoms with E-state index in [-0.39, 0.29) is 17.2 Å². The molecule has 1 atom stereocenters. The topological polar surface area (TPSA) is 74.7 Å². The quantitative estimate of drug-likeness (QED) is 0.787. The average molecular weight is 281 g/mol. The van der Waals surface area contributed by atoms with Gasteiger partial charge in [-0.2, -0.15) is 0 Å². The van der Waals surface area contributed by atoms with Crippen molar-refractivity contribution in [2.75, 3.05) is 0 Å². The van der Waals surface area contributed by atoms with E-state index >= 15 is 0 Å². The molecule has 0 radical (unpaired) electrons. The molecule has 2 rings (SSSR count). The SMILES string of the molecule is CC(C)(C)C(C(=O)O)N1C(=O)CC2(CCCC2)CC1=O. The van der Waals surface area contributed by atoms with Gasteiger partial charge in [-0.1, -0.05) is 33.6 Å². The molecule has 0 aromatic heterocycles. The lowest BCUT2D eigenvalue weighted by Gasteiger charge is -2.43. The lowest BCUT2D eigenvalue weighted by atomic mass is 9.74. The van der Waals surface area contributed by atoms with Crippen LogP contribution < -0.4 is 0 Å². The molecule has 1 unspecified atom stereocenters. The Labute approximate surface area is 119 Å². The monoisotopic (exact) mass is 281 g/mol. The van der Waals surface area contributed by atoms with Crippen LogP contribution in [0.15, 0.2) is 0 Å². The standard InChI is InChI=1S/C15H23NO4/c1-14(2,3)12(13(19)20)16-10(17)8-15(9-11(16)18)6-4-5-7-15/h12H,4-9H2,1-3H3,(H,19,20). The van der Waals surface area contributed by atoms with Gasteiger partial charge in [0.25, 0.3) is 0 Å². The second-order valence-electron chi connectivity index (χ2n) is 7.32.